The molecule has 0 fully saturated rings. The lowest BCUT2D eigenvalue weighted by atomic mass is 10.1. The Kier molecular flexibility index (Phi) is 10.1. The van der Waals surface area contributed by atoms with Gasteiger partial charge in [-0.3, -0.25) is 4.99 Å². The van der Waals surface area contributed by atoms with Gasteiger partial charge in [0.25, 0.3) is 0 Å². The van der Waals surface area contributed by atoms with Crippen LogP contribution in [0.4, 0.5) is 0 Å². The van der Waals surface area contributed by atoms with Gasteiger partial charge in [-0.2, -0.15) is 0 Å². The molecule has 0 bridgehead atoms. The van der Waals surface area contributed by atoms with E-state index in [0.717, 1.165) is 36.3 Å². The van der Waals surface area contributed by atoms with E-state index in [0.29, 0.717) is 6.54 Å². The van der Waals surface area contributed by atoms with Crippen LogP contribution in [-0.4, -0.2) is 36.5 Å². The molecule has 0 amide bonds. The molecule has 0 saturated heterocycles. The largest absolute Gasteiger partial charge is 0.352 e. The highest BCUT2D eigenvalue weighted by Gasteiger charge is 2.05. The van der Waals surface area contributed by atoms with Crippen molar-refractivity contribution in [2.45, 2.75) is 40.4 Å². The molecule has 2 rings (SSSR count). The molecule has 1 aromatic heterocycles. The van der Waals surface area contributed by atoms with Crippen molar-refractivity contribution in [2.24, 2.45) is 4.99 Å². The van der Waals surface area contributed by atoms with Crippen LogP contribution in [0, 0.1) is 13.8 Å². The average Bonchev–Trinajstić information content (AvgIpc) is 2.93. The zero-order chi connectivity index (χ0) is 18.2. The molecule has 0 saturated carbocycles. The topological polar surface area (TPSA) is 52.5 Å². The van der Waals surface area contributed by atoms with Crippen molar-refractivity contribution in [3.8, 4) is 0 Å². The zero-order valence-electron chi connectivity index (χ0n) is 16.3. The zero-order valence-corrected chi connectivity index (χ0v) is 19.4. The molecule has 0 unspecified atom stereocenters. The minimum absolute atomic E-state index is 0. The third-order valence-electron chi connectivity index (χ3n) is 4.15. The highest BCUT2D eigenvalue weighted by Crippen LogP contribution is 2.15. The maximum absolute atomic E-state index is 4.55. The van der Waals surface area contributed by atoms with Gasteiger partial charge in [0.15, 0.2) is 5.96 Å². The molecule has 2 aromatic rings. The number of hydrogen-bond donors (Lipinski definition) is 2. The standard InChI is InChI=1S/C19H29N5S.HI/c1-6-24(5)13-17-9-7-8-16(10-17)11-21-19(20-4)22-12-18-23-14(2)15(3)25-18;/h7-10H,6,11-13H2,1-5H3,(H2,20,21,22);1H. The first-order valence-electron chi connectivity index (χ1n) is 8.65. The van der Waals surface area contributed by atoms with Crippen LogP contribution < -0.4 is 10.6 Å². The third kappa shape index (κ3) is 7.20. The Morgan fingerprint density at radius 2 is 1.88 bits per heavy atom. The molecule has 0 atom stereocenters. The number of rotatable bonds is 7. The van der Waals surface area contributed by atoms with Crippen molar-refractivity contribution in [2.75, 3.05) is 20.6 Å². The van der Waals surface area contributed by atoms with Crippen molar-refractivity contribution in [3.63, 3.8) is 0 Å². The number of aryl methyl sites for hydroxylation is 2. The molecule has 0 radical (unpaired) electrons. The van der Waals surface area contributed by atoms with Gasteiger partial charge in [-0.15, -0.1) is 35.3 Å². The number of guanidine groups is 1. The van der Waals surface area contributed by atoms with Crippen LogP contribution in [0.3, 0.4) is 0 Å². The first-order chi connectivity index (χ1) is 12.0. The Hall–Kier alpha value is -1.19. The molecule has 144 valence electrons. The Morgan fingerprint density at radius 3 is 2.50 bits per heavy atom. The summed E-state index contributed by atoms with van der Waals surface area (Å²) in [6, 6.07) is 8.69. The fourth-order valence-corrected chi connectivity index (χ4v) is 3.32. The second-order valence-corrected chi connectivity index (χ2v) is 7.47. The van der Waals surface area contributed by atoms with E-state index >= 15 is 0 Å². The van der Waals surface area contributed by atoms with Gasteiger partial charge in [-0.05, 0) is 38.6 Å². The van der Waals surface area contributed by atoms with Gasteiger partial charge in [0.1, 0.15) is 5.01 Å². The van der Waals surface area contributed by atoms with Crippen molar-refractivity contribution in [1.82, 2.24) is 20.5 Å². The fraction of sp³-hybridized carbons (Fsp3) is 0.474. The molecule has 2 N–H and O–H groups in total. The third-order valence-corrected chi connectivity index (χ3v) is 5.22. The predicted molar refractivity (Wildman–Crippen MR) is 122 cm³/mol. The van der Waals surface area contributed by atoms with Crippen LogP contribution in [0.5, 0.6) is 0 Å². The summed E-state index contributed by atoms with van der Waals surface area (Å²) >= 11 is 1.73. The number of nitrogens with one attached hydrogen (secondary N) is 2. The smallest absolute Gasteiger partial charge is 0.191 e. The number of benzene rings is 1. The summed E-state index contributed by atoms with van der Waals surface area (Å²) in [7, 11) is 3.93. The maximum Gasteiger partial charge on any atom is 0.191 e. The van der Waals surface area contributed by atoms with Crippen LogP contribution in [0.25, 0.3) is 0 Å². The van der Waals surface area contributed by atoms with Crippen LogP contribution in [0.1, 0.15) is 33.6 Å². The van der Waals surface area contributed by atoms with Crippen molar-refractivity contribution in [3.05, 3.63) is 51.0 Å². The molecule has 26 heavy (non-hydrogen) atoms. The minimum atomic E-state index is 0. The minimum Gasteiger partial charge on any atom is -0.352 e. The maximum atomic E-state index is 4.55. The normalized spacial score (nSPS) is 11.4. The fourth-order valence-electron chi connectivity index (χ4n) is 2.44. The molecule has 0 aliphatic carbocycles. The summed E-state index contributed by atoms with van der Waals surface area (Å²) in [5.41, 5.74) is 3.70. The van der Waals surface area contributed by atoms with E-state index < -0.39 is 0 Å². The number of hydrogen-bond acceptors (Lipinski definition) is 4. The molecule has 0 aliphatic heterocycles. The molecule has 0 spiro atoms. The lowest BCUT2D eigenvalue weighted by Gasteiger charge is -2.15. The molecular formula is C19H30IN5S. The summed E-state index contributed by atoms with van der Waals surface area (Å²) in [5, 5.41) is 7.79. The Labute approximate surface area is 178 Å². The van der Waals surface area contributed by atoms with Crippen LogP contribution in [0.15, 0.2) is 29.3 Å². The summed E-state index contributed by atoms with van der Waals surface area (Å²) in [4.78, 5) is 12.4. The quantitative estimate of drug-likeness (QED) is 0.356. The summed E-state index contributed by atoms with van der Waals surface area (Å²) in [6.45, 7) is 9.79. The number of nitrogens with zero attached hydrogens (tertiary/aromatic N) is 3. The highest BCUT2D eigenvalue weighted by atomic mass is 127. The van der Waals surface area contributed by atoms with E-state index in [-0.39, 0.29) is 24.0 Å². The van der Waals surface area contributed by atoms with Gasteiger partial charge in [-0.25, -0.2) is 4.98 Å². The summed E-state index contributed by atoms with van der Waals surface area (Å²) < 4.78 is 0. The second-order valence-electron chi connectivity index (χ2n) is 6.18. The van der Waals surface area contributed by atoms with E-state index in [1.807, 2.05) is 6.92 Å². The van der Waals surface area contributed by atoms with Crippen LogP contribution in [0.2, 0.25) is 0 Å². The van der Waals surface area contributed by atoms with E-state index in [4.69, 9.17) is 0 Å². The lowest BCUT2D eigenvalue weighted by Crippen LogP contribution is -2.36. The SMILES string of the molecule is CCN(C)Cc1cccc(CNC(=NC)NCc2nc(C)c(C)s2)c1.I. The molecule has 1 aromatic carbocycles. The Morgan fingerprint density at radius 1 is 1.19 bits per heavy atom. The van der Waals surface area contributed by atoms with Gasteiger partial charge in [-0.1, -0.05) is 31.2 Å². The van der Waals surface area contributed by atoms with Crippen LogP contribution in [-0.2, 0) is 19.6 Å². The van der Waals surface area contributed by atoms with Crippen LogP contribution >= 0.6 is 35.3 Å². The average molecular weight is 487 g/mol. The summed E-state index contributed by atoms with van der Waals surface area (Å²) in [5.74, 6) is 0.793. The van der Waals surface area contributed by atoms with E-state index in [2.05, 4.69) is 70.7 Å². The highest BCUT2D eigenvalue weighted by molar-refractivity contribution is 14.0. The lowest BCUT2D eigenvalue weighted by molar-refractivity contribution is 0.345. The Bertz CT molecular complexity index is 694. The van der Waals surface area contributed by atoms with Crippen molar-refractivity contribution in [1.29, 1.82) is 0 Å². The van der Waals surface area contributed by atoms with Crippen molar-refractivity contribution < 1.29 is 0 Å². The van der Waals surface area contributed by atoms with Crippen molar-refractivity contribution >= 4 is 41.3 Å². The number of thiazole rings is 1. The van der Waals surface area contributed by atoms with E-state index in [1.54, 1.807) is 18.4 Å². The molecule has 7 heteroatoms. The first-order valence-corrected chi connectivity index (χ1v) is 9.47. The predicted octanol–water partition coefficient (Wildman–Crippen LogP) is 3.69. The molecule has 1 heterocycles. The van der Waals surface area contributed by atoms with Gasteiger partial charge < -0.3 is 15.5 Å². The Balaban J connectivity index is 0.00000338. The number of halogens is 1. The van der Waals surface area contributed by atoms with Gasteiger partial charge >= 0.3 is 0 Å². The molecule has 5 nitrogen and oxygen atoms in total. The first kappa shape index (κ1) is 22.9. The molecular weight excluding hydrogens is 457 g/mol. The van der Waals surface area contributed by atoms with Gasteiger partial charge in [0.05, 0.1) is 12.2 Å². The second kappa shape index (κ2) is 11.5. The van der Waals surface area contributed by atoms with E-state index in [9.17, 15) is 0 Å². The van der Waals surface area contributed by atoms with Gasteiger partial charge in [0.2, 0.25) is 0 Å². The van der Waals surface area contributed by atoms with Gasteiger partial charge in [0, 0.05) is 25.0 Å². The summed E-state index contributed by atoms with van der Waals surface area (Å²) in [6.07, 6.45) is 0. The van der Waals surface area contributed by atoms with E-state index in [1.165, 1.54) is 16.0 Å². The monoisotopic (exact) mass is 487 g/mol. The number of aliphatic imine (C=N–C) groups is 1. The molecule has 0 aliphatic rings. The number of aromatic nitrogens is 1.